The Labute approximate surface area is 146 Å². The van der Waals surface area contributed by atoms with Crippen molar-refractivity contribution in [3.05, 3.63) is 36.1 Å². The number of aliphatic hydroxyl groups excluding tert-OH is 1. The lowest BCUT2D eigenvalue weighted by Gasteiger charge is -2.23. The molecule has 136 valence electrons. The highest BCUT2D eigenvalue weighted by atomic mass is 19.1. The van der Waals surface area contributed by atoms with E-state index in [4.69, 9.17) is 10.6 Å². The van der Waals surface area contributed by atoms with Crippen molar-refractivity contribution in [3.63, 3.8) is 0 Å². The third kappa shape index (κ3) is 5.63. The number of hydrogen-bond acceptors (Lipinski definition) is 7. The molecule has 0 saturated heterocycles. The topological polar surface area (TPSA) is 105 Å². The van der Waals surface area contributed by atoms with E-state index in [9.17, 15) is 9.50 Å². The van der Waals surface area contributed by atoms with Crippen LogP contribution < -0.4 is 21.3 Å². The molecule has 0 bridgehead atoms. The van der Waals surface area contributed by atoms with Gasteiger partial charge in [-0.1, -0.05) is 6.07 Å². The van der Waals surface area contributed by atoms with Gasteiger partial charge in [0.1, 0.15) is 24.3 Å². The third-order valence-corrected chi connectivity index (χ3v) is 3.34. The molecule has 1 atom stereocenters. The first-order valence-corrected chi connectivity index (χ1v) is 7.95. The average Bonchev–Trinajstić information content (AvgIpc) is 2.58. The molecule has 0 spiro atoms. The Bertz CT molecular complexity index is 688. The van der Waals surface area contributed by atoms with Gasteiger partial charge < -0.3 is 20.6 Å². The second-order valence-corrected chi connectivity index (χ2v) is 6.66. The zero-order chi connectivity index (χ0) is 18.4. The number of aromatic nitrogens is 2. The largest absolute Gasteiger partial charge is 0.490 e. The van der Waals surface area contributed by atoms with Crippen molar-refractivity contribution in [2.45, 2.75) is 32.4 Å². The summed E-state index contributed by atoms with van der Waals surface area (Å²) in [4.78, 5) is 0. The quantitative estimate of drug-likeness (QED) is 0.445. The summed E-state index contributed by atoms with van der Waals surface area (Å²) in [5, 5.41) is 21.0. The first-order valence-electron chi connectivity index (χ1n) is 7.95. The zero-order valence-corrected chi connectivity index (χ0v) is 14.6. The van der Waals surface area contributed by atoms with Crippen LogP contribution in [-0.4, -0.2) is 40.1 Å². The van der Waals surface area contributed by atoms with E-state index in [0.29, 0.717) is 18.1 Å². The lowest BCUT2D eigenvalue weighted by molar-refractivity contribution is 0.100. The van der Waals surface area contributed by atoms with Crippen LogP contribution in [-0.2, 0) is 0 Å². The smallest absolute Gasteiger partial charge is 0.162 e. The van der Waals surface area contributed by atoms with Crippen LogP contribution in [0.1, 0.15) is 20.8 Å². The van der Waals surface area contributed by atoms with Gasteiger partial charge in [-0.3, -0.25) is 0 Å². The molecule has 0 fully saturated rings. The number of β-amino-alcohol motifs (C(OH)–C–C–N with tert-alkyl or cyclic N) is 1. The third-order valence-electron chi connectivity index (χ3n) is 3.34. The maximum absolute atomic E-state index is 14.3. The molecular weight excluding hydrogens is 325 g/mol. The molecule has 5 N–H and O–H groups in total. The minimum absolute atomic E-state index is 0.0232. The second kappa shape index (κ2) is 8.19. The van der Waals surface area contributed by atoms with Crippen molar-refractivity contribution >= 4 is 5.82 Å². The fraction of sp³-hybridized carbons (Fsp3) is 0.412. The van der Waals surface area contributed by atoms with Gasteiger partial charge in [-0.05, 0) is 45.0 Å². The van der Waals surface area contributed by atoms with E-state index in [-0.39, 0.29) is 23.5 Å². The summed E-state index contributed by atoms with van der Waals surface area (Å²) in [6.45, 7) is 6.40. The highest BCUT2D eigenvalue weighted by molar-refractivity contribution is 5.68. The van der Waals surface area contributed by atoms with Crippen molar-refractivity contribution in [1.29, 1.82) is 0 Å². The number of aliphatic hydroxyl groups is 1. The molecule has 2 rings (SSSR count). The second-order valence-electron chi connectivity index (χ2n) is 6.66. The molecule has 25 heavy (non-hydrogen) atoms. The number of nitrogens with one attached hydrogen (secondary N) is 2. The van der Waals surface area contributed by atoms with Crippen LogP contribution in [0.15, 0.2) is 30.3 Å². The van der Waals surface area contributed by atoms with E-state index in [1.807, 2.05) is 20.8 Å². The predicted octanol–water partition coefficient (Wildman–Crippen LogP) is 1.70. The van der Waals surface area contributed by atoms with Gasteiger partial charge in [0.2, 0.25) is 0 Å². The maximum atomic E-state index is 14.3. The molecule has 1 unspecified atom stereocenters. The molecule has 1 aromatic carbocycles. The van der Waals surface area contributed by atoms with Crippen LogP contribution in [0, 0.1) is 5.82 Å². The Morgan fingerprint density at radius 2 is 2.00 bits per heavy atom. The Morgan fingerprint density at radius 1 is 1.24 bits per heavy atom. The number of nitrogens with two attached hydrogens (primary N) is 1. The Kier molecular flexibility index (Phi) is 6.24. The number of nitrogens with zero attached hydrogens (tertiary/aromatic N) is 2. The van der Waals surface area contributed by atoms with Gasteiger partial charge in [0.25, 0.3) is 0 Å². The molecule has 0 radical (unpaired) electrons. The van der Waals surface area contributed by atoms with E-state index >= 15 is 0 Å². The van der Waals surface area contributed by atoms with Gasteiger partial charge in [0.05, 0.1) is 11.3 Å². The summed E-state index contributed by atoms with van der Waals surface area (Å²) in [6, 6.07) is 7.65. The van der Waals surface area contributed by atoms with Crippen LogP contribution in [0.2, 0.25) is 0 Å². The van der Waals surface area contributed by atoms with Crippen LogP contribution in [0.4, 0.5) is 10.2 Å². The molecule has 1 aromatic heterocycles. The van der Waals surface area contributed by atoms with Crippen LogP contribution in [0.3, 0.4) is 0 Å². The fourth-order valence-corrected chi connectivity index (χ4v) is 2.08. The number of halogens is 1. The Balaban J connectivity index is 2.12. The fourth-order valence-electron chi connectivity index (χ4n) is 2.08. The first-order chi connectivity index (χ1) is 11.8. The maximum Gasteiger partial charge on any atom is 0.162 e. The van der Waals surface area contributed by atoms with Crippen molar-refractivity contribution < 1.29 is 14.2 Å². The molecular formula is C17H24FN5O2. The predicted molar refractivity (Wildman–Crippen MR) is 94.5 cm³/mol. The van der Waals surface area contributed by atoms with Crippen molar-refractivity contribution in [1.82, 2.24) is 15.5 Å². The van der Waals surface area contributed by atoms with Crippen LogP contribution in [0.25, 0.3) is 11.3 Å². The van der Waals surface area contributed by atoms with Crippen LogP contribution in [0.5, 0.6) is 5.75 Å². The number of nitrogen functional groups attached to an aromatic ring is 1. The average molecular weight is 349 g/mol. The van der Waals surface area contributed by atoms with E-state index in [1.54, 1.807) is 18.2 Å². The lowest BCUT2D eigenvalue weighted by Crippen LogP contribution is -2.42. The molecule has 2 aromatic rings. The summed E-state index contributed by atoms with van der Waals surface area (Å²) in [7, 11) is 0. The molecule has 0 amide bonds. The van der Waals surface area contributed by atoms with E-state index in [0.717, 1.165) is 0 Å². The van der Waals surface area contributed by atoms with Crippen molar-refractivity contribution in [2.24, 2.45) is 5.84 Å². The molecule has 0 aliphatic carbocycles. The lowest BCUT2D eigenvalue weighted by atomic mass is 10.1. The molecule has 8 heteroatoms. The van der Waals surface area contributed by atoms with Crippen molar-refractivity contribution in [3.8, 4) is 17.0 Å². The Morgan fingerprint density at radius 3 is 2.60 bits per heavy atom. The van der Waals surface area contributed by atoms with Gasteiger partial charge >= 0.3 is 0 Å². The van der Waals surface area contributed by atoms with Gasteiger partial charge in [-0.2, -0.15) is 0 Å². The standard InChI is InChI=1S/C17H24FN5O2/c1-17(2,3)20-9-11(24)10-25-14-6-4-5-12(18)16(14)13-7-8-15(21-19)23-22-13/h4-8,11,20,24H,9-10,19H2,1-3H3,(H,21,23). The van der Waals surface area contributed by atoms with Gasteiger partial charge in [-0.15, -0.1) is 10.2 Å². The summed E-state index contributed by atoms with van der Waals surface area (Å²) < 4.78 is 19.9. The van der Waals surface area contributed by atoms with Crippen molar-refractivity contribution in [2.75, 3.05) is 18.6 Å². The van der Waals surface area contributed by atoms with E-state index in [1.165, 1.54) is 12.1 Å². The number of rotatable bonds is 7. The summed E-state index contributed by atoms with van der Waals surface area (Å²) in [6.07, 6.45) is -0.731. The number of hydrogen-bond donors (Lipinski definition) is 4. The number of anilines is 1. The Hall–Kier alpha value is -2.29. The highest BCUT2D eigenvalue weighted by Crippen LogP contribution is 2.31. The number of benzene rings is 1. The van der Waals surface area contributed by atoms with Gasteiger partial charge in [-0.25, -0.2) is 10.2 Å². The molecule has 0 aliphatic heterocycles. The molecule has 0 aliphatic rings. The minimum atomic E-state index is -0.731. The van der Waals surface area contributed by atoms with E-state index < -0.39 is 11.9 Å². The summed E-state index contributed by atoms with van der Waals surface area (Å²) >= 11 is 0. The number of hydrazine groups is 1. The minimum Gasteiger partial charge on any atom is -0.490 e. The summed E-state index contributed by atoms with van der Waals surface area (Å²) in [5.41, 5.74) is 2.75. The zero-order valence-electron chi connectivity index (χ0n) is 14.6. The molecule has 0 saturated carbocycles. The highest BCUT2D eigenvalue weighted by Gasteiger charge is 2.17. The first kappa shape index (κ1) is 19.0. The SMILES string of the molecule is CC(C)(C)NCC(O)COc1cccc(F)c1-c1ccc(NN)nn1. The van der Waals surface area contributed by atoms with Crippen LogP contribution >= 0.6 is 0 Å². The molecule has 7 nitrogen and oxygen atoms in total. The molecule has 1 heterocycles. The summed E-state index contributed by atoms with van der Waals surface area (Å²) in [5.74, 6) is 5.43. The van der Waals surface area contributed by atoms with E-state index in [2.05, 4.69) is 20.9 Å². The normalized spacial score (nSPS) is 12.7. The van der Waals surface area contributed by atoms with Gasteiger partial charge in [0.15, 0.2) is 5.82 Å². The number of ether oxygens (including phenoxy) is 1. The van der Waals surface area contributed by atoms with Gasteiger partial charge in [0, 0.05) is 12.1 Å². The monoisotopic (exact) mass is 349 g/mol.